The molecule has 3 heteroatoms. The average molecular weight is 165 g/mol. The Balaban J connectivity index is 2.93. The lowest BCUT2D eigenvalue weighted by atomic mass is 10.1. The molecular formula is C9H11NO2. The lowest BCUT2D eigenvalue weighted by Crippen LogP contribution is -2.00. The molecule has 0 radical (unpaired) electrons. The molecule has 1 aromatic carbocycles. The maximum Gasteiger partial charge on any atom is 0.134 e. The van der Waals surface area contributed by atoms with E-state index in [4.69, 9.17) is 10.8 Å². The normalized spacial score (nSPS) is 9.75. The van der Waals surface area contributed by atoms with E-state index < -0.39 is 0 Å². The highest BCUT2D eigenvalue weighted by molar-refractivity contribution is 5.80. The van der Waals surface area contributed by atoms with Gasteiger partial charge in [-0.3, -0.25) is 4.79 Å². The van der Waals surface area contributed by atoms with Gasteiger partial charge in [0, 0.05) is 18.2 Å². The van der Waals surface area contributed by atoms with Crippen LogP contribution in [0.1, 0.15) is 12.5 Å². The quantitative estimate of drug-likeness (QED) is 0.645. The molecule has 1 rings (SSSR count). The van der Waals surface area contributed by atoms with E-state index in [0.29, 0.717) is 12.1 Å². The van der Waals surface area contributed by atoms with Crippen LogP contribution in [0.25, 0.3) is 0 Å². The van der Waals surface area contributed by atoms with Crippen molar-refractivity contribution in [3.05, 3.63) is 23.8 Å². The average Bonchev–Trinajstić information content (AvgIpc) is 1.94. The fourth-order valence-electron chi connectivity index (χ4n) is 1.01. The maximum atomic E-state index is 10.7. The third-order valence-electron chi connectivity index (χ3n) is 1.57. The minimum Gasteiger partial charge on any atom is -0.508 e. The number of Topliss-reactive ketones (excluding diaryl/α,β-unsaturated/α-hetero) is 1. The zero-order valence-corrected chi connectivity index (χ0v) is 6.87. The van der Waals surface area contributed by atoms with Crippen molar-refractivity contribution in [1.29, 1.82) is 0 Å². The smallest absolute Gasteiger partial charge is 0.134 e. The predicted octanol–water partition coefficient (Wildman–Crippen LogP) is 1.11. The Morgan fingerprint density at radius 2 is 2.25 bits per heavy atom. The van der Waals surface area contributed by atoms with Gasteiger partial charge in [0.15, 0.2) is 0 Å². The van der Waals surface area contributed by atoms with Crippen LogP contribution in [0.5, 0.6) is 5.75 Å². The van der Waals surface area contributed by atoms with Gasteiger partial charge in [-0.1, -0.05) is 6.07 Å². The van der Waals surface area contributed by atoms with Gasteiger partial charge < -0.3 is 10.8 Å². The van der Waals surface area contributed by atoms with Crippen LogP contribution in [-0.4, -0.2) is 10.9 Å². The Morgan fingerprint density at radius 3 is 2.75 bits per heavy atom. The van der Waals surface area contributed by atoms with Crippen molar-refractivity contribution in [3.8, 4) is 5.75 Å². The molecule has 0 aliphatic heterocycles. The Hall–Kier alpha value is -1.51. The number of carbonyl (C=O) groups is 1. The van der Waals surface area contributed by atoms with Gasteiger partial charge in [-0.15, -0.1) is 0 Å². The van der Waals surface area contributed by atoms with Crippen molar-refractivity contribution in [2.24, 2.45) is 0 Å². The second-order valence-electron chi connectivity index (χ2n) is 2.76. The molecule has 0 saturated heterocycles. The number of benzene rings is 1. The molecule has 64 valence electrons. The first kappa shape index (κ1) is 8.59. The highest BCUT2D eigenvalue weighted by atomic mass is 16.3. The number of phenols is 1. The minimum absolute atomic E-state index is 0.0624. The van der Waals surface area contributed by atoms with Crippen molar-refractivity contribution in [2.75, 3.05) is 5.73 Å². The van der Waals surface area contributed by atoms with E-state index in [0.717, 1.165) is 5.56 Å². The summed E-state index contributed by atoms with van der Waals surface area (Å²) in [6, 6.07) is 4.62. The number of nitrogen functional groups attached to an aromatic ring is 1. The Bertz CT molecular complexity index is 307. The third kappa shape index (κ3) is 1.99. The monoisotopic (exact) mass is 165 g/mol. The molecule has 0 spiro atoms. The molecule has 0 heterocycles. The molecule has 0 bridgehead atoms. The fourth-order valence-corrected chi connectivity index (χ4v) is 1.01. The summed E-state index contributed by atoms with van der Waals surface area (Å²) in [5.74, 6) is 0.187. The molecule has 0 saturated carbocycles. The van der Waals surface area contributed by atoms with Gasteiger partial charge in [0.25, 0.3) is 0 Å². The number of hydrogen-bond acceptors (Lipinski definition) is 3. The zero-order valence-electron chi connectivity index (χ0n) is 6.87. The second kappa shape index (κ2) is 3.26. The predicted molar refractivity (Wildman–Crippen MR) is 46.9 cm³/mol. The van der Waals surface area contributed by atoms with Gasteiger partial charge >= 0.3 is 0 Å². The Labute approximate surface area is 70.8 Å². The zero-order chi connectivity index (χ0) is 9.14. The fraction of sp³-hybridized carbons (Fsp3) is 0.222. The van der Waals surface area contributed by atoms with Crippen LogP contribution in [0.3, 0.4) is 0 Å². The topological polar surface area (TPSA) is 63.3 Å². The number of aromatic hydroxyl groups is 1. The van der Waals surface area contributed by atoms with Crippen LogP contribution in [0, 0.1) is 0 Å². The van der Waals surface area contributed by atoms with E-state index in [1.807, 2.05) is 0 Å². The summed E-state index contributed by atoms with van der Waals surface area (Å²) in [4.78, 5) is 10.7. The first-order valence-corrected chi connectivity index (χ1v) is 3.66. The van der Waals surface area contributed by atoms with E-state index >= 15 is 0 Å². The summed E-state index contributed by atoms with van der Waals surface area (Å²) in [6.45, 7) is 1.51. The highest BCUT2D eigenvalue weighted by Crippen LogP contribution is 2.18. The van der Waals surface area contributed by atoms with Crippen molar-refractivity contribution in [2.45, 2.75) is 13.3 Å². The largest absolute Gasteiger partial charge is 0.508 e. The Kier molecular flexibility index (Phi) is 2.33. The lowest BCUT2D eigenvalue weighted by molar-refractivity contribution is -0.116. The molecular weight excluding hydrogens is 154 g/mol. The Morgan fingerprint density at radius 1 is 1.58 bits per heavy atom. The molecule has 3 nitrogen and oxygen atoms in total. The molecule has 1 aromatic rings. The first-order chi connectivity index (χ1) is 5.59. The summed E-state index contributed by atoms with van der Waals surface area (Å²) in [6.07, 6.45) is 0.326. The molecule has 0 atom stereocenters. The van der Waals surface area contributed by atoms with Gasteiger partial charge in [-0.05, 0) is 18.6 Å². The standard InChI is InChI=1S/C9H11NO2/c1-6(11)4-7-2-3-8(12)5-9(7)10/h2-3,5,12H,4,10H2,1H3. The van der Waals surface area contributed by atoms with Crippen molar-refractivity contribution < 1.29 is 9.90 Å². The van der Waals surface area contributed by atoms with Crippen LogP contribution in [0.15, 0.2) is 18.2 Å². The van der Waals surface area contributed by atoms with E-state index in [-0.39, 0.29) is 11.5 Å². The molecule has 0 amide bonds. The minimum atomic E-state index is 0.0624. The van der Waals surface area contributed by atoms with Gasteiger partial charge in [-0.25, -0.2) is 0 Å². The van der Waals surface area contributed by atoms with E-state index in [2.05, 4.69) is 0 Å². The van der Waals surface area contributed by atoms with Crippen LogP contribution >= 0.6 is 0 Å². The number of phenolic OH excluding ortho intramolecular Hbond substituents is 1. The summed E-state index contributed by atoms with van der Waals surface area (Å²) in [7, 11) is 0. The van der Waals surface area contributed by atoms with Crippen molar-refractivity contribution in [1.82, 2.24) is 0 Å². The number of nitrogens with two attached hydrogens (primary N) is 1. The number of ketones is 1. The molecule has 0 unspecified atom stereocenters. The highest BCUT2D eigenvalue weighted by Gasteiger charge is 2.02. The van der Waals surface area contributed by atoms with Crippen LogP contribution in [0.4, 0.5) is 5.69 Å². The van der Waals surface area contributed by atoms with Gasteiger partial charge in [0.05, 0.1) is 0 Å². The van der Waals surface area contributed by atoms with E-state index in [1.54, 1.807) is 6.07 Å². The van der Waals surface area contributed by atoms with Crippen molar-refractivity contribution >= 4 is 11.5 Å². The summed E-state index contributed by atoms with van der Waals surface area (Å²) >= 11 is 0. The van der Waals surface area contributed by atoms with E-state index in [1.165, 1.54) is 19.1 Å². The van der Waals surface area contributed by atoms with E-state index in [9.17, 15) is 4.79 Å². The number of rotatable bonds is 2. The molecule has 0 aromatic heterocycles. The second-order valence-corrected chi connectivity index (χ2v) is 2.76. The lowest BCUT2D eigenvalue weighted by Gasteiger charge is -2.02. The van der Waals surface area contributed by atoms with Crippen LogP contribution < -0.4 is 5.73 Å². The number of anilines is 1. The van der Waals surface area contributed by atoms with Crippen LogP contribution in [0.2, 0.25) is 0 Å². The summed E-state index contributed by atoms with van der Waals surface area (Å²) in [5, 5.41) is 9.01. The van der Waals surface area contributed by atoms with Crippen LogP contribution in [-0.2, 0) is 11.2 Å². The molecule has 0 fully saturated rings. The summed E-state index contributed by atoms with van der Waals surface area (Å²) in [5.41, 5.74) is 6.78. The SMILES string of the molecule is CC(=O)Cc1ccc(O)cc1N. The maximum absolute atomic E-state index is 10.7. The molecule has 3 N–H and O–H groups in total. The third-order valence-corrected chi connectivity index (χ3v) is 1.57. The number of hydrogen-bond donors (Lipinski definition) is 2. The molecule has 0 aliphatic carbocycles. The van der Waals surface area contributed by atoms with Crippen molar-refractivity contribution in [3.63, 3.8) is 0 Å². The van der Waals surface area contributed by atoms with Gasteiger partial charge in [-0.2, -0.15) is 0 Å². The first-order valence-electron chi connectivity index (χ1n) is 3.66. The van der Waals surface area contributed by atoms with Gasteiger partial charge in [0.2, 0.25) is 0 Å². The molecule has 0 aliphatic rings. The van der Waals surface area contributed by atoms with Gasteiger partial charge in [0.1, 0.15) is 11.5 Å². The summed E-state index contributed by atoms with van der Waals surface area (Å²) < 4.78 is 0. The number of carbonyl (C=O) groups excluding carboxylic acids is 1. The molecule has 12 heavy (non-hydrogen) atoms.